The van der Waals surface area contributed by atoms with Gasteiger partial charge in [0.15, 0.2) is 18.1 Å². The lowest BCUT2D eigenvalue weighted by Gasteiger charge is -2.13. The van der Waals surface area contributed by atoms with E-state index < -0.39 is 0 Å². The highest BCUT2D eigenvalue weighted by atomic mass is 32.2. The van der Waals surface area contributed by atoms with Crippen LogP contribution in [-0.4, -0.2) is 23.8 Å². The van der Waals surface area contributed by atoms with Crippen LogP contribution < -0.4 is 14.8 Å². The second-order valence-electron chi connectivity index (χ2n) is 5.65. The number of ether oxygens (including phenoxy) is 2. The summed E-state index contributed by atoms with van der Waals surface area (Å²) < 4.78 is 11.5. The van der Waals surface area contributed by atoms with Crippen molar-refractivity contribution in [3.63, 3.8) is 0 Å². The number of carbonyl (C=O) groups is 1. The topological polar surface area (TPSA) is 60.5 Å². The molecule has 0 fully saturated rings. The molecular weight excluding hydrogens is 360 g/mol. The molecule has 1 heterocycles. The molecule has 1 N–H and O–H groups in total. The fourth-order valence-electron chi connectivity index (χ4n) is 2.34. The maximum Gasteiger partial charge on any atom is 0.262 e. The van der Waals surface area contributed by atoms with Gasteiger partial charge in [-0.25, -0.2) is 4.98 Å². The number of nitrogens with zero attached hydrogens (tertiary/aromatic N) is 1. The Hall–Kier alpha value is -2.99. The van der Waals surface area contributed by atoms with Crippen LogP contribution in [-0.2, 0) is 11.4 Å². The summed E-state index contributed by atoms with van der Waals surface area (Å²) in [4.78, 5) is 16.3. The van der Waals surface area contributed by atoms with Crippen LogP contribution in [0.25, 0.3) is 0 Å². The predicted octanol–water partition coefficient (Wildman–Crippen LogP) is 4.40. The van der Waals surface area contributed by atoms with Gasteiger partial charge >= 0.3 is 0 Å². The Kier molecular flexibility index (Phi) is 6.71. The highest BCUT2D eigenvalue weighted by molar-refractivity contribution is 7.98. The zero-order valence-corrected chi connectivity index (χ0v) is 15.7. The van der Waals surface area contributed by atoms with Gasteiger partial charge in [-0.3, -0.25) is 4.79 Å². The summed E-state index contributed by atoms with van der Waals surface area (Å²) in [5, 5.41) is 3.66. The highest BCUT2D eigenvalue weighted by Crippen LogP contribution is 2.27. The zero-order valence-electron chi connectivity index (χ0n) is 14.9. The van der Waals surface area contributed by atoms with Crippen LogP contribution in [0.4, 0.5) is 5.69 Å². The Morgan fingerprint density at radius 2 is 1.67 bits per heavy atom. The second-order valence-corrected chi connectivity index (χ2v) is 6.47. The van der Waals surface area contributed by atoms with Gasteiger partial charge in [-0.05, 0) is 36.1 Å². The van der Waals surface area contributed by atoms with E-state index in [2.05, 4.69) is 10.3 Å². The first-order valence-electron chi connectivity index (χ1n) is 8.43. The van der Waals surface area contributed by atoms with Crippen molar-refractivity contribution in [2.75, 3.05) is 18.2 Å². The third-order valence-corrected chi connectivity index (χ3v) is 4.33. The third-order valence-electron chi connectivity index (χ3n) is 3.67. The number of para-hydroxylation sites is 2. The Bertz CT molecular complexity index is 870. The molecule has 6 heteroatoms. The Labute approximate surface area is 162 Å². The maximum atomic E-state index is 12.1. The molecule has 3 rings (SSSR count). The number of anilines is 1. The molecule has 0 aliphatic heterocycles. The molecule has 3 aromatic rings. The first-order chi connectivity index (χ1) is 13.2. The first-order valence-corrected chi connectivity index (χ1v) is 9.65. The van der Waals surface area contributed by atoms with E-state index in [0.29, 0.717) is 23.8 Å². The molecule has 1 aromatic heterocycles. The van der Waals surface area contributed by atoms with Gasteiger partial charge in [-0.2, -0.15) is 0 Å². The van der Waals surface area contributed by atoms with Crippen molar-refractivity contribution < 1.29 is 14.3 Å². The van der Waals surface area contributed by atoms with Crippen molar-refractivity contribution in [2.45, 2.75) is 11.6 Å². The summed E-state index contributed by atoms with van der Waals surface area (Å²) in [6.45, 7) is 0.316. The zero-order chi connectivity index (χ0) is 18.9. The summed E-state index contributed by atoms with van der Waals surface area (Å²) >= 11 is 1.55. The molecule has 0 radical (unpaired) electrons. The average molecular weight is 380 g/mol. The molecule has 138 valence electrons. The fourth-order valence-corrected chi connectivity index (χ4v) is 2.70. The standard InChI is InChI=1S/C21H20N2O3S/c1-27-21-12-11-17(13-22-21)23-20(24)15-26-19-10-6-5-9-18(19)25-14-16-7-3-2-4-8-16/h2-13H,14-15H2,1H3,(H,23,24). The smallest absolute Gasteiger partial charge is 0.262 e. The molecule has 27 heavy (non-hydrogen) atoms. The van der Waals surface area contributed by atoms with Crippen LogP contribution >= 0.6 is 11.8 Å². The van der Waals surface area contributed by atoms with Crippen molar-refractivity contribution in [2.24, 2.45) is 0 Å². The van der Waals surface area contributed by atoms with E-state index >= 15 is 0 Å². The number of hydrogen-bond donors (Lipinski definition) is 1. The number of amides is 1. The van der Waals surface area contributed by atoms with E-state index in [1.54, 1.807) is 24.0 Å². The first kappa shape index (κ1) is 18.8. The van der Waals surface area contributed by atoms with Gasteiger partial charge in [0.05, 0.1) is 16.9 Å². The van der Waals surface area contributed by atoms with Crippen molar-refractivity contribution in [3.8, 4) is 11.5 Å². The van der Waals surface area contributed by atoms with E-state index in [-0.39, 0.29) is 12.5 Å². The minimum absolute atomic E-state index is 0.115. The molecule has 0 unspecified atom stereocenters. The quantitative estimate of drug-likeness (QED) is 0.587. The summed E-state index contributed by atoms with van der Waals surface area (Å²) in [7, 11) is 0. The lowest BCUT2D eigenvalue weighted by Crippen LogP contribution is -2.20. The van der Waals surface area contributed by atoms with Gasteiger partial charge < -0.3 is 14.8 Å². The van der Waals surface area contributed by atoms with Crippen molar-refractivity contribution >= 4 is 23.4 Å². The predicted molar refractivity (Wildman–Crippen MR) is 107 cm³/mol. The number of pyridine rings is 1. The average Bonchev–Trinajstić information content (AvgIpc) is 2.72. The van der Waals surface area contributed by atoms with E-state index in [0.717, 1.165) is 10.6 Å². The highest BCUT2D eigenvalue weighted by Gasteiger charge is 2.08. The Morgan fingerprint density at radius 1 is 0.963 bits per heavy atom. The van der Waals surface area contributed by atoms with Gasteiger partial charge in [0.2, 0.25) is 0 Å². The van der Waals surface area contributed by atoms with Crippen LogP contribution in [0.15, 0.2) is 78.0 Å². The minimum Gasteiger partial charge on any atom is -0.485 e. The van der Waals surface area contributed by atoms with Crippen LogP contribution in [0.3, 0.4) is 0 Å². The summed E-state index contributed by atoms with van der Waals surface area (Å²) in [6, 6.07) is 20.9. The largest absolute Gasteiger partial charge is 0.485 e. The van der Waals surface area contributed by atoms with E-state index in [4.69, 9.17) is 9.47 Å². The molecule has 0 aliphatic rings. The number of thioether (sulfide) groups is 1. The molecule has 0 saturated carbocycles. The molecule has 0 saturated heterocycles. The number of carbonyl (C=O) groups excluding carboxylic acids is 1. The number of benzene rings is 2. The monoisotopic (exact) mass is 380 g/mol. The summed E-state index contributed by atoms with van der Waals surface area (Å²) in [5.41, 5.74) is 1.70. The fraction of sp³-hybridized carbons (Fsp3) is 0.143. The lowest BCUT2D eigenvalue weighted by molar-refractivity contribution is -0.118. The summed E-state index contributed by atoms with van der Waals surface area (Å²) in [5.74, 6) is 0.867. The van der Waals surface area contributed by atoms with Crippen LogP contribution in [0.5, 0.6) is 11.5 Å². The SMILES string of the molecule is CSc1ccc(NC(=O)COc2ccccc2OCc2ccccc2)cn1. The third kappa shape index (κ3) is 5.76. The van der Waals surface area contributed by atoms with E-state index in [9.17, 15) is 4.79 Å². The summed E-state index contributed by atoms with van der Waals surface area (Å²) in [6.07, 6.45) is 3.58. The van der Waals surface area contributed by atoms with Gasteiger partial charge in [-0.1, -0.05) is 42.5 Å². The van der Waals surface area contributed by atoms with Crippen LogP contribution in [0, 0.1) is 0 Å². The van der Waals surface area contributed by atoms with Gasteiger partial charge in [-0.15, -0.1) is 11.8 Å². The van der Waals surface area contributed by atoms with Crippen LogP contribution in [0.2, 0.25) is 0 Å². The second kappa shape index (κ2) is 9.64. The number of aromatic nitrogens is 1. The number of rotatable bonds is 8. The van der Waals surface area contributed by atoms with Gasteiger partial charge in [0.1, 0.15) is 6.61 Å². The van der Waals surface area contributed by atoms with E-state index in [1.807, 2.05) is 66.9 Å². The maximum absolute atomic E-state index is 12.1. The molecule has 0 spiro atoms. The number of nitrogens with one attached hydrogen (secondary N) is 1. The Morgan fingerprint density at radius 3 is 2.33 bits per heavy atom. The molecular formula is C21H20N2O3S. The molecule has 0 bridgehead atoms. The van der Waals surface area contributed by atoms with Crippen molar-refractivity contribution in [1.29, 1.82) is 0 Å². The molecule has 2 aromatic carbocycles. The Balaban J connectivity index is 1.54. The molecule has 0 aliphatic carbocycles. The van der Waals surface area contributed by atoms with Crippen molar-refractivity contribution in [3.05, 3.63) is 78.5 Å². The van der Waals surface area contributed by atoms with Gasteiger partial charge in [0, 0.05) is 0 Å². The van der Waals surface area contributed by atoms with Crippen molar-refractivity contribution in [1.82, 2.24) is 4.98 Å². The number of hydrogen-bond acceptors (Lipinski definition) is 5. The normalized spacial score (nSPS) is 10.3. The molecule has 0 atom stereocenters. The van der Waals surface area contributed by atoms with Gasteiger partial charge in [0.25, 0.3) is 5.91 Å². The van der Waals surface area contributed by atoms with Crippen LogP contribution in [0.1, 0.15) is 5.56 Å². The minimum atomic E-state index is -0.258. The van der Waals surface area contributed by atoms with E-state index in [1.165, 1.54) is 0 Å². The molecule has 1 amide bonds. The lowest BCUT2D eigenvalue weighted by atomic mass is 10.2. The molecule has 5 nitrogen and oxygen atoms in total.